The Morgan fingerprint density at radius 3 is 2.61 bits per heavy atom. The smallest absolute Gasteiger partial charge is 0.251 e. The molecule has 23 heavy (non-hydrogen) atoms. The molecule has 0 aromatic heterocycles. The second kappa shape index (κ2) is 6.71. The van der Waals surface area contributed by atoms with Crippen molar-refractivity contribution in [3.8, 4) is 11.5 Å². The minimum Gasteiger partial charge on any atom is -0.454 e. The Morgan fingerprint density at radius 2 is 1.87 bits per heavy atom. The standard InChI is InChI=1S/C18H20N2O3/c1-12(15-7-8-16-17(9-15)23-11-22-16)20-10-13-3-5-14(6-4-13)18(21)19-2/h3-9,12,20H,10-11H2,1-2H3,(H,19,21). The Balaban J connectivity index is 1.60. The van der Waals surface area contributed by atoms with Gasteiger partial charge in [0.2, 0.25) is 6.79 Å². The summed E-state index contributed by atoms with van der Waals surface area (Å²) >= 11 is 0. The number of fused-ring (bicyclic) bond motifs is 1. The molecular formula is C18H20N2O3. The van der Waals surface area contributed by atoms with Crippen LogP contribution in [0.2, 0.25) is 0 Å². The predicted molar refractivity (Wildman–Crippen MR) is 87.7 cm³/mol. The predicted octanol–water partition coefficient (Wildman–Crippen LogP) is 2.63. The van der Waals surface area contributed by atoms with Gasteiger partial charge in [-0.3, -0.25) is 4.79 Å². The normalized spacial score (nSPS) is 13.7. The van der Waals surface area contributed by atoms with E-state index in [0.717, 1.165) is 29.2 Å². The number of nitrogens with one attached hydrogen (secondary N) is 2. The third kappa shape index (κ3) is 3.46. The summed E-state index contributed by atoms with van der Waals surface area (Å²) in [6.07, 6.45) is 0. The van der Waals surface area contributed by atoms with Crippen LogP contribution >= 0.6 is 0 Å². The second-order valence-electron chi connectivity index (χ2n) is 5.49. The minimum absolute atomic E-state index is 0.0711. The molecular weight excluding hydrogens is 292 g/mol. The molecule has 1 aliphatic rings. The molecule has 0 spiro atoms. The number of hydrogen-bond acceptors (Lipinski definition) is 4. The first-order valence-corrected chi connectivity index (χ1v) is 7.61. The zero-order chi connectivity index (χ0) is 16.2. The molecule has 5 nitrogen and oxygen atoms in total. The first kappa shape index (κ1) is 15.4. The Labute approximate surface area is 135 Å². The van der Waals surface area contributed by atoms with Crippen LogP contribution in [0.25, 0.3) is 0 Å². The van der Waals surface area contributed by atoms with Crippen molar-refractivity contribution in [1.29, 1.82) is 0 Å². The Morgan fingerprint density at radius 1 is 1.13 bits per heavy atom. The molecule has 2 N–H and O–H groups in total. The molecule has 0 saturated heterocycles. The topological polar surface area (TPSA) is 59.6 Å². The molecule has 0 radical (unpaired) electrons. The summed E-state index contributed by atoms with van der Waals surface area (Å²) in [5.41, 5.74) is 2.95. The number of amides is 1. The second-order valence-corrected chi connectivity index (χ2v) is 5.49. The molecule has 1 heterocycles. The van der Waals surface area contributed by atoms with Gasteiger partial charge in [0.1, 0.15) is 0 Å². The molecule has 120 valence electrons. The van der Waals surface area contributed by atoms with Gasteiger partial charge in [0, 0.05) is 25.2 Å². The lowest BCUT2D eigenvalue weighted by Crippen LogP contribution is -2.19. The van der Waals surface area contributed by atoms with E-state index < -0.39 is 0 Å². The lowest BCUT2D eigenvalue weighted by Gasteiger charge is -2.15. The maximum absolute atomic E-state index is 11.5. The molecule has 0 bridgehead atoms. The number of ether oxygens (including phenoxy) is 2. The van der Waals surface area contributed by atoms with E-state index in [2.05, 4.69) is 17.6 Å². The highest BCUT2D eigenvalue weighted by Crippen LogP contribution is 2.34. The van der Waals surface area contributed by atoms with Gasteiger partial charge in [0.25, 0.3) is 5.91 Å². The molecule has 2 aromatic rings. The van der Waals surface area contributed by atoms with Crippen LogP contribution in [-0.2, 0) is 6.54 Å². The molecule has 1 aliphatic heterocycles. The van der Waals surface area contributed by atoms with E-state index in [1.54, 1.807) is 7.05 Å². The van der Waals surface area contributed by atoms with Crippen molar-refractivity contribution in [2.75, 3.05) is 13.8 Å². The number of benzene rings is 2. The van der Waals surface area contributed by atoms with Crippen LogP contribution in [0.5, 0.6) is 11.5 Å². The Bertz CT molecular complexity index is 698. The van der Waals surface area contributed by atoms with E-state index in [0.29, 0.717) is 5.56 Å². The summed E-state index contributed by atoms with van der Waals surface area (Å²) < 4.78 is 10.7. The van der Waals surface area contributed by atoms with Crippen LogP contribution in [0.3, 0.4) is 0 Å². The largest absolute Gasteiger partial charge is 0.454 e. The van der Waals surface area contributed by atoms with Crippen molar-refractivity contribution < 1.29 is 14.3 Å². The van der Waals surface area contributed by atoms with E-state index in [4.69, 9.17) is 9.47 Å². The first-order chi connectivity index (χ1) is 11.2. The van der Waals surface area contributed by atoms with E-state index in [1.165, 1.54) is 0 Å². The maximum Gasteiger partial charge on any atom is 0.251 e. The minimum atomic E-state index is -0.0711. The molecule has 1 unspecified atom stereocenters. The van der Waals surface area contributed by atoms with E-state index in [1.807, 2.05) is 42.5 Å². The summed E-state index contributed by atoms with van der Waals surface area (Å²) in [4.78, 5) is 11.5. The van der Waals surface area contributed by atoms with Gasteiger partial charge in [-0.2, -0.15) is 0 Å². The zero-order valence-corrected chi connectivity index (χ0v) is 13.3. The van der Waals surface area contributed by atoms with Gasteiger partial charge in [-0.25, -0.2) is 0 Å². The highest BCUT2D eigenvalue weighted by molar-refractivity contribution is 5.93. The number of rotatable bonds is 5. The van der Waals surface area contributed by atoms with Crippen molar-refractivity contribution in [1.82, 2.24) is 10.6 Å². The van der Waals surface area contributed by atoms with Gasteiger partial charge in [-0.05, 0) is 42.3 Å². The fourth-order valence-corrected chi connectivity index (χ4v) is 2.49. The third-order valence-electron chi connectivity index (χ3n) is 3.95. The van der Waals surface area contributed by atoms with Crippen LogP contribution in [-0.4, -0.2) is 19.7 Å². The molecule has 3 rings (SSSR count). The molecule has 0 aliphatic carbocycles. The molecule has 1 amide bonds. The Kier molecular flexibility index (Phi) is 4.48. The van der Waals surface area contributed by atoms with Crippen molar-refractivity contribution in [3.63, 3.8) is 0 Å². The van der Waals surface area contributed by atoms with Crippen LogP contribution in [0, 0.1) is 0 Å². The average Bonchev–Trinajstić information content (AvgIpc) is 3.07. The third-order valence-corrected chi connectivity index (χ3v) is 3.95. The highest BCUT2D eigenvalue weighted by Gasteiger charge is 2.15. The van der Waals surface area contributed by atoms with Gasteiger partial charge in [-0.15, -0.1) is 0 Å². The van der Waals surface area contributed by atoms with Crippen molar-refractivity contribution in [2.24, 2.45) is 0 Å². The van der Waals surface area contributed by atoms with Crippen molar-refractivity contribution >= 4 is 5.91 Å². The lowest BCUT2D eigenvalue weighted by molar-refractivity contribution is 0.0963. The molecule has 1 atom stereocenters. The van der Waals surface area contributed by atoms with E-state index in [9.17, 15) is 4.79 Å². The van der Waals surface area contributed by atoms with Gasteiger partial charge in [-0.1, -0.05) is 18.2 Å². The SMILES string of the molecule is CNC(=O)c1ccc(CNC(C)c2ccc3c(c2)OCO3)cc1. The number of carbonyl (C=O) groups excluding carboxylic acids is 1. The van der Waals surface area contributed by atoms with Crippen LogP contribution in [0.4, 0.5) is 0 Å². The Hall–Kier alpha value is -2.53. The summed E-state index contributed by atoms with van der Waals surface area (Å²) in [7, 11) is 1.63. The highest BCUT2D eigenvalue weighted by atomic mass is 16.7. The van der Waals surface area contributed by atoms with Gasteiger partial charge >= 0.3 is 0 Å². The molecule has 5 heteroatoms. The van der Waals surface area contributed by atoms with Crippen LogP contribution < -0.4 is 20.1 Å². The van der Waals surface area contributed by atoms with E-state index in [-0.39, 0.29) is 18.7 Å². The van der Waals surface area contributed by atoms with Crippen molar-refractivity contribution in [3.05, 3.63) is 59.2 Å². The monoisotopic (exact) mass is 312 g/mol. The molecule has 2 aromatic carbocycles. The average molecular weight is 312 g/mol. The molecule has 0 saturated carbocycles. The summed E-state index contributed by atoms with van der Waals surface area (Å²) in [5.74, 6) is 1.52. The first-order valence-electron chi connectivity index (χ1n) is 7.61. The number of carbonyl (C=O) groups is 1. The van der Waals surface area contributed by atoms with E-state index >= 15 is 0 Å². The van der Waals surface area contributed by atoms with Gasteiger partial charge in [0.15, 0.2) is 11.5 Å². The quantitative estimate of drug-likeness (QED) is 0.891. The summed E-state index contributed by atoms with van der Waals surface area (Å²) in [6.45, 7) is 3.12. The summed E-state index contributed by atoms with van der Waals surface area (Å²) in [5, 5.41) is 6.09. The molecule has 0 fully saturated rings. The van der Waals surface area contributed by atoms with Crippen molar-refractivity contribution in [2.45, 2.75) is 19.5 Å². The van der Waals surface area contributed by atoms with Crippen LogP contribution in [0.1, 0.15) is 34.5 Å². The summed E-state index contributed by atoms with van der Waals surface area (Å²) in [6, 6.07) is 13.8. The van der Waals surface area contributed by atoms with Gasteiger partial charge in [0.05, 0.1) is 0 Å². The van der Waals surface area contributed by atoms with Gasteiger partial charge < -0.3 is 20.1 Å². The fourth-order valence-electron chi connectivity index (χ4n) is 2.49. The lowest BCUT2D eigenvalue weighted by atomic mass is 10.1. The maximum atomic E-state index is 11.5. The fraction of sp³-hybridized carbons (Fsp3) is 0.278. The van der Waals surface area contributed by atoms with Crippen LogP contribution in [0.15, 0.2) is 42.5 Å². The number of hydrogen-bond donors (Lipinski definition) is 2. The zero-order valence-electron chi connectivity index (χ0n) is 13.3.